The second kappa shape index (κ2) is 7.40. The number of carbonyl (C=O) groups excluding carboxylic acids is 3. The number of amides is 2. The van der Waals surface area contributed by atoms with Crippen LogP contribution in [0.1, 0.15) is 34.6 Å². The molecule has 142 valence electrons. The maximum Gasteiger partial charge on any atom is 0.408 e. The molecule has 1 aliphatic rings. The van der Waals surface area contributed by atoms with E-state index in [0.717, 1.165) is 6.08 Å². The van der Waals surface area contributed by atoms with Gasteiger partial charge >= 0.3 is 22.4 Å². The van der Waals surface area contributed by atoms with E-state index >= 15 is 0 Å². The smallest absolute Gasteiger partial charge is 0.408 e. The molecule has 11 heteroatoms. The average Bonchev–Trinajstić information content (AvgIpc) is 2.38. The third kappa shape index (κ3) is 5.43. The van der Waals surface area contributed by atoms with Gasteiger partial charge in [0.25, 0.3) is 5.91 Å². The van der Waals surface area contributed by atoms with Gasteiger partial charge in [-0.1, -0.05) is 0 Å². The van der Waals surface area contributed by atoms with Gasteiger partial charge in [0, 0.05) is 6.08 Å². The number of nitrogens with zero attached hydrogens (tertiary/aromatic N) is 1. The van der Waals surface area contributed by atoms with Crippen LogP contribution < -0.4 is 5.32 Å². The van der Waals surface area contributed by atoms with Gasteiger partial charge in [0.05, 0.1) is 6.61 Å². The summed E-state index contributed by atoms with van der Waals surface area (Å²) in [5, 5.41) is 2.24. The van der Waals surface area contributed by atoms with Crippen LogP contribution in [0, 0.1) is 0 Å². The maximum atomic E-state index is 12.0. The Bertz CT molecular complexity index is 692. The predicted molar refractivity (Wildman–Crippen MR) is 85.7 cm³/mol. The van der Waals surface area contributed by atoms with Crippen LogP contribution in [-0.2, 0) is 29.4 Å². The van der Waals surface area contributed by atoms with Crippen LogP contribution in [0.15, 0.2) is 11.6 Å². The molecule has 1 heterocycles. The van der Waals surface area contributed by atoms with E-state index < -0.39 is 46.0 Å². The van der Waals surface area contributed by atoms with Crippen LogP contribution in [-0.4, -0.2) is 59.5 Å². The summed E-state index contributed by atoms with van der Waals surface area (Å²) in [7, 11) is -4.86. The normalized spacial score (nSPS) is 21.4. The molecule has 0 saturated carbocycles. The number of carbonyl (C=O) groups is 3. The highest BCUT2D eigenvalue weighted by atomic mass is 32.2. The summed E-state index contributed by atoms with van der Waals surface area (Å²) in [6.07, 6.45) is 0.0533. The Labute approximate surface area is 146 Å². The SMILES string of the molecule is CCOC(=O)C=C(C)[C@H]1[C@@H](NC(=O)OC(C)(C)C)C(=O)N1S(=O)(=O)O. The lowest BCUT2D eigenvalue weighted by molar-refractivity contribution is -0.141. The van der Waals surface area contributed by atoms with E-state index in [1.165, 1.54) is 6.92 Å². The number of nitrogens with one attached hydrogen (secondary N) is 1. The molecule has 0 bridgehead atoms. The number of hydrogen-bond acceptors (Lipinski definition) is 7. The minimum absolute atomic E-state index is 0.105. The van der Waals surface area contributed by atoms with Gasteiger partial charge in [-0.3, -0.25) is 9.35 Å². The molecule has 10 nitrogen and oxygen atoms in total. The number of hydrogen-bond donors (Lipinski definition) is 2. The van der Waals surface area contributed by atoms with Crippen LogP contribution in [0.4, 0.5) is 4.79 Å². The second-order valence-electron chi connectivity index (χ2n) is 6.32. The first kappa shape index (κ1) is 20.9. The second-order valence-corrected chi connectivity index (χ2v) is 7.61. The van der Waals surface area contributed by atoms with Crippen molar-refractivity contribution in [1.29, 1.82) is 0 Å². The molecule has 0 aromatic carbocycles. The van der Waals surface area contributed by atoms with Crippen molar-refractivity contribution in [3.05, 3.63) is 11.6 Å². The zero-order valence-electron chi connectivity index (χ0n) is 14.6. The van der Waals surface area contributed by atoms with Crippen molar-refractivity contribution in [1.82, 2.24) is 9.62 Å². The Hall–Kier alpha value is -2.14. The molecular formula is C14H22N2O8S. The number of rotatable bonds is 5. The van der Waals surface area contributed by atoms with E-state index in [2.05, 4.69) is 5.32 Å². The molecule has 2 amide bonds. The fourth-order valence-electron chi connectivity index (χ4n) is 2.20. The lowest BCUT2D eigenvalue weighted by atomic mass is 9.92. The third-order valence-corrected chi connectivity index (χ3v) is 3.98. The number of β-lactam (4-membered cyclic amide) rings is 1. The Balaban J connectivity index is 3.05. The molecular weight excluding hydrogens is 356 g/mol. The Morgan fingerprint density at radius 2 is 1.92 bits per heavy atom. The van der Waals surface area contributed by atoms with Crippen LogP contribution in [0.25, 0.3) is 0 Å². The van der Waals surface area contributed by atoms with Crippen molar-refractivity contribution in [2.24, 2.45) is 0 Å². The first-order chi connectivity index (χ1) is 11.3. The van der Waals surface area contributed by atoms with E-state index in [0.29, 0.717) is 0 Å². The maximum absolute atomic E-state index is 12.0. The van der Waals surface area contributed by atoms with Crippen molar-refractivity contribution in [3.8, 4) is 0 Å². The van der Waals surface area contributed by atoms with Crippen LogP contribution >= 0.6 is 0 Å². The zero-order chi connectivity index (χ0) is 19.6. The van der Waals surface area contributed by atoms with E-state index in [4.69, 9.17) is 9.47 Å². The third-order valence-electron chi connectivity index (χ3n) is 3.07. The molecule has 0 radical (unpaired) electrons. The van der Waals surface area contributed by atoms with Crippen molar-refractivity contribution in [2.45, 2.75) is 52.3 Å². The average molecular weight is 378 g/mol. The summed E-state index contributed by atoms with van der Waals surface area (Å²) in [6.45, 7) is 7.91. The van der Waals surface area contributed by atoms with Gasteiger partial charge in [-0.25, -0.2) is 13.9 Å². The molecule has 1 aliphatic heterocycles. The Morgan fingerprint density at radius 1 is 1.36 bits per heavy atom. The molecule has 25 heavy (non-hydrogen) atoms. The quantitative estimate of drug-likeness (QED) is 0.303. The largest absolute Gasteiger partial charge is 0.463 e. The van der Waals surface area contributed by atoms with E-state index in [1.54, 1.807) is 27.7 Å². The summed E-state index contributed by atoms with van der Waals surface area (Å²) in [6, 6.07) is -2.57. The highest BCUT2D eigenvalue weighted by Crippen LogP contribution is 2.29. The van der Waals surface area contributed by atoms with E-state index in [9.17, 15) is 27.4 Å². The zero-order valence-corrected chi connectivity index (χ0v) is 15.4. The standard InChI is InChI=1S/C14H22N2O8S/c1-6-23-9(17)7-8(2)11-10(12(18)16(11)25(20,21)22)15-13(19)24-14(3,4)5/h7,10-11H,6H2,1-5H3,(H,15,19)(H,20,21,22)/t10-,11+/m1/s1. The van der Waals surface area contributed by atoms with Crippen LogP contribution in [0.5, 0.6) is 0 Å². The van der Waals surface area contributed by atoms with Gasteiger partial charge in [0.15, 0.2) is 0 Å². The molecule has 0 aliphatic carbocycles. The lowest BCUT2D eigenvalue weighted by Gasteiger charge is -2.44. The summed E-state index contributed by atoms with van der Waals surface area (Å²) in [4.78, 5) is 35.4. The predicted octanol–water partition coefficient (Wildman–Crippen LogP) is 0.403. The molecule has 1 saturated heterocycles. The van der Waals surface area contributed by atoms with Crippen LogP contribution in [0.3, 0.4) is 0 Å². The monoisotopic (exact) mass is 378 g/mol. The van der Waals surface area contributed by atoms with Gasteiger partial charge < -0.3 is 14.8 Å². The Morgan fingerprint density at radius 3 is 2.36 bits per heavy atom. The van der Waals surface area contributed by atoms with Crippen molar-refractivity contribution < 1.29 is 36.8 Å². The molecule has 1 fully saturated rings. The number of alkyl carbamates (subject to hydrolysis) is 1. The highest BCUT2D eigenvalue weighted by molar-refractivity contribution is 7.84. The minimum atomic E-state index is -4.86. The Kier molecular flexibility index (Phi) is 6.19. The molecule has 0 unspecified atom stereocenters. The van der Waals surface area contributed by atoms with E-state index in [1.807, 2.05) is 0 Å². The summed E-state index contributed by atoms with van der Waals surface area (Å²) in [5.41, 5.74) is -0.720. The molecule has 0 aromatic heterocycles. The summed E-state index contributed by atoms with van der Waals surface area (Å²) < 4.78 is 41.9. The number of esters is 1. The topological polar surface area (TPSA) is 139 Å². The summed E-state index contributed by atoms with van der Waals surface area (Å²) >= 11 is 0. The highest BCUT2D eigenvalue weighted by Gasteiger charge is 2.55. The van der Waals surface area contributed by atoms with Gasteiger partial charge in [0.1, 0.15) is 17.7 Å². The molecule has 0 spiro atoms. The number of ether oxygens (including phenoxy) is 2. The molecule has 2 atom stereocenters. The fraction of sp³-hybridized carbons (Fsp3) is 0.643. The van der Waals surface area contributed by atoms with Gasteiger partial charge in [-0.15, -0.1) is 0 Å². The molecule has 2 N–H and O–H groups in total. The van der Waals surface area contributed by atoms with Crippen LogP contribution in [0.2, 0.25) is 0 Å². The van der Waals surface area contributed by atoms with Gasteiger partial charge in [0.2, 0.25) is 0 Å². The van der Waals surface area contributed by atoms with Crippen molar-refractivity contribution in [2.75, 3.05) is 6.61 Å². The molecule has 1 rings (SSSR count). The first-order valence-electron chi connectivity index (χ1n) is 7.43. The summed E-state index contributed by atoms with van der Waals surface area (Å²) in [5.74, 6) is -1.79. The minimum Gasteiger partial charge on any atom is -0.463 e. The van der Waals surface area contributed by atoms with E-state index in [-0.39, 0.29) is 16.5 Å². The van der Waals surface area contributed by atoms with Gasteiger partial charge in [-0.05, 0) is 40.2 Å². The lowest BCUT2D eigenvalue weighted by Crippen LogP contribution is -2.72. The van der Waals surface area contributed by atoms with Gasteiger partial charge in [-0.2, -0.15) is 8.42 Å². The van der Waals surface area contributed by atoms with Crippen molar-refractivity contribution >= 4 is 28.3 Å². The first-order valence-corrected chi connectivity index (χ1v) is 8.82. The van der Waals surface area contributed by atoms with Crippen molar-refractivity contribution in [3.63, 3.8) is 0 Å². The fourth-order valence-corrected chi connectivity index (χ4v) is 3.11. The molecule has 0 aromatic rings.